The van der Waals surface area contributed by atoms with Crippen LogP contribution in [-0.4, -0.2) is 41.1 Å². The fourth-order valence-electron chi connectivity index (χ4n) is 1.41. The minimum absolute atomic E-state index is 0.159. The number of aryl methyl sites for hydroxylation is 1. The number of aliphatic hydroxyl groups excluding tert-OH is 1. The Morgan fingerprint density at radius 1 is 1.53 bits per heavy atom. The van der Waals surface area contributed by atoms with E-state index in [9.17, 15) is 9.90 Å². The number of halogens is 1. The molecule has 17 heavy (non-hydrogen) atoms. The molecule has 0 aliphatic rings. The average Bonchev–Trinajstić information content (AvgIpc) is 2.24. The van der Waals surface area contributed by atoms with Crippen molar-refractivity contribution in [2.75, 3.05) is 18.5 Å². The second kappa shape index (κ2) is 5.93. The van der Waals surface area contributed by atoms with Crippen LogP contribution in [0.3, 0.4) is 0 Å². The topological polar surface area (TPSA) is 66.3 Å². The lowest BCUT2D eigenvalue weighted by Gasteiger charge is -2.20. The predicted octanol–water partition coefficient (Wildman–Crippen LogP) is 1.46. The molecule has 0 aromatic carbocycles. The normalized spacial score (nSPS) is 12.3. The van der Waals surface area contributed by atoms with E-state index in [0.717, 1.165) is 0 Å². The summed E-state index contributed by atoms with van der Waals surface area (Å²) in [5, 5.41) is 9.39. The Labute approximate surface area is 105 Å². The molecule has 1 unspecified atom stereocenters. The van der Waals surface area contributed by atoms with E-state index >= 15 is 0 Å². The fourth-order valence-corrected chi connectivity index (χ4v) is 1.66. The van der Waals surface area contributed by atoms with Crippen molar-refractivity contribution in [3.05, 3.63) is 16.5 Å². The van der Waals surface area contributed by atoms with Gasteiger partial charge in [0.25, 0.3) is 0 Å². The van der Waals surface area contributed by atoms with Crippen molar-refractivity contribution in [3.63, 3.8) is 0 Å². The summed E-state index contributed by atoms with van der Waals surface area (Å²) in [4.78, 5) is 20.9. The van der Waals surface area contributed by atoms with E-state index in [0.29, 0.717) is 30.9 Å². The summed E-state index contributed by atoms with van der Waals surface area (Å²) in [6.07, 6.45) is 0.848. The van der Waals surface area contributed by atoms with Crippen molar-refractivity contribution in [1.82, 2.24) is 9.97 Å². The maximum atomic E-state index is 11.0. The molecule has 94 valence electrons. The molecule has 0 amide bonds. The molecule has 0 saturated carbocycles. The van der Waals surface area contributed by atoms with Crippen molar-refractivity contribution in [2.45, 2.75) is 26.4 Å². The first kappa shape index (κ1) is 13.9. The van der Waals surface area contributed by atoms with Gasteiger partial charge in [0.15, 0.2) is 6.29 Å². The van der Waals surface area contributed by atoms with Gasteiger partial charge in [0.1, 0.15) is 16.8 Å². The molecule has 0 aliphatic carbocycles. The van der Waals surface area contributed by atoms with E-state index in [4.69, 9.17) is 11.6 Å². The van der Waals surface area contributed by atoms with Gasteiger partial charge in [-0.05, 0) is 20.3 Å². The maximum absolute atomic E-state index is 11.0. The number of rotatable bonds is 5. The summed E-state index contributed by atoms with van der Waals surface area (Å²) < 4.78 is 0. The van der Waals surface area contributed by atoms with Crippen molar-refractivity contribution in [2.24, 2.45) is 0 Å². The SMILES string of the molecule is Cc1nc(Cl)c(C=O)c(N(C)CCC(C)O)n1. The number of hydrogen-bond donors (Lipinski definition) is 1. The highest BCUT2D eigenvalue weighted by Gasteiger charge is 2.14. The van der Waals surface area contributed by atoms with E-state index in [1.54, 1.807) is 25.8 Å². The number of aliphatic hydroxyl groups is 1. The standard InChI is InChI=1S/C11H16ClN3O2/c1-7(17)4-5-15(3)11-9(6-16)10(12)13-8(2)14-11/h6-7,17H,4-5H2,1-3H3. The first-order chi connectivity index (χ1) is 7.95. The number of carbonyl (C=O) groups is 1. The van der Waals surface area contributed by atoms with E-state index < -0.39 is 6.10 Å². The van der Waals surface area contributed by atoms with Crippen LogP contribution in [0.4, 0.5) is 5.82 Å². The number of carbonyl (C=O) groups excluding carboxylic acids is 1. The third-order valence-electron chi connectivity index (χ3n) is 2.35. The van der Waals surface area contributed by atoms with Crippen molar-refractivity contribution in [1.29, 1.82) is 0 Å². The summed E-state index contributed by atoms with van der Waals surface area (Å²) in [5.41, 5.74) is 0.283. The molecule has 0 saturated heterocycles. The summed E-state index contributed by atoms with van der Waals surface area (Å²) >= 11 is 5.88. The van der Waals surface area contributed by atoms with E-state index in [1.165, 1.54) is 0 Å². The molecule has 1 N–H and O–H groups in total. The van der Waals surface area contributed by atoms with Gasteiger partial charge in [-0.25, -0.2) is 9.97 Å². The van der Waals surface area contributed by atoms with Crippen LogP contribution in [0.5, 0.6) is 0 Å². The lowest BCUT2D eigenvalue weighted by atomic mass is 10.2. The van der Waals surface area contributed by atoms with Crippen molar-refractivity contribution >= 4 is 23.7 Å². The smallest absolute Gasteiger partial charge is 0.156 e. The first-order valence-electron chi connectivity index (χ1n) is 5.34. The predicted molar refractivity (Wildman–Crippen MR) is 66.7 cm³/mol. The van der Waals surface area contributed by atoms with Crippen LogP contribution in [0.1, 0.15) is 29.5 Å². The summed E-state index contributed by atoms with van der Waals surface area (Å²) in [6, 6.07) is 0. The first-order valence-corrected chi connectivity index (χ1v) is 5.72. The zero-order valence-corrected chi connectivity index (χ0v) is 10.9. The van der Waals surface area contributed by atoms with E-state index in [2.05, 4.69) is 9.97 Å². The minimum Gasteiger partial charge on any atom is -0.393 e. The Morgan fingerprint density at radius 3 is 2.71 bits per heavy atom. The van der Waals surface area contributed by atoms with Crippen molar-refractivity contribution < 1.29 is 9.90 Å². The number of aromatic nitrogens is 2. The molecule has 5 nitrogen and oxygen atoms in total. The highest BCUT2D eigenvalue weighted by Crippen LogP contribution is 2.22. The van der Waals surface area contributed by atoms with Crippen LogP contribution < -0.4 is 4.90 Å². The van der Waals surface area contributed by atoms with E-state index in [1.807, 2.05) is 0 Å². The Balaban J connectivity index is 2.99. The fraction of sp³-hybridized carbons (Fsp3) is 0.545. The number of nitrogens with zero attached hydrogens (tertiary/aromatic N) is 3. The van der Waals surface area contributed by atoms with Crippen LogP contribution in [-0.2, 0) is 0 Å². The van der Waals surface area contributed by atoms with Gasteiger partial charge in [-0.15, -0.1) is 0 Å². The zero-order chi connectivity index (χ0) is 13.0. The molecular weight excluding hydrogens is 242 g/mol. The van der Waals surface area contributed by atoms with Gasteiger partial charge in [-0.2, -0.15) is 0 Å². The van der Waals surface area contributed by atoms with Crippen LogP contribution in [0.2, 0.25) is 5.15 Å². The monoisotopic (exact) mass is 257 g/mol. The van der Waals surface area contributed by atoms with Crippen LogP contribution in [0, 0.1) is 6.92 Å². The van der Waals surface area contributed by atoms with Gasteiger partial charge >= 0.3 is 0 Å². The second-order valence-corrected chi connectivity index (χ2v) is 4.33. The molecule has 1 aromatic heterocycles. The maximum Gasteiger partial charge on any atom is 0.156 e. The Bertz CT molecular complexity index is 410. The molecule has 0 aliphatic heterocycles. The van der Waals surface area contributed by atoms with Gasteiger partial charge in [0.2, 0.25) is 0 Å². The molecule has 1 atom stereocenters. The van der Waals surface area contributed by atoms with Gasteiger partial charge < -0.3 is 10.0 Å². The van der Waals surface area contributed by atoms with Crippen LogP contribution in [0.25, 0.3) is 0 Å². The molecule has 1 aromatic rings. The van der Waals surface area contributed by atoms with Gasteiger partial charge in [0, 0.05) is 13.6 Å². The molecular formula is C11H16ClN3O2. The minimum atomic E-state index is -0.393. The highest BCUT2D eigenvalue weighted by molar-refractivity contribution is 6.32. The van der Waals surface area contributed by atoms with Gasteiger partial charge in [0.05, 0.1) is 11.7 Å². The lowest BCUT2D eigenvalue weighted by molar-refractivity contribution is 0.112. The molecule has 1 heterocycles. The van der Waals surface area contributed by atoms with Crippen LogP contribution in [0.15, 0.2) is 0 Å². The molecule has 0 fully saturated rings. The average molecular weight is 258 g/mol. The largest absolute Gasteiger partial charge is 0.393 e. The second-order valence-electron chi connectivity index (χ2n) is 3.98. The number of hydrogen-bond acceptors (Lipinski definition) is 5. The quantitative estimate of drug-likeness (QED) is 0.639. The Kier molecular flexibility index (Phi) is 4.84. The molecule has 0 spiro atoms. The summed E-state index contributed by atoms with van der Waals surface area (Å²) in [6.45, 7) is 4.02. The summed E-state index contributed by atoms with van der Waals surface area (Å²) in [7, 11) is 1.80. The van der Waals surface area contributed by atoms with Crippen molar-refractivity contribution in [3.8, 4) is 0 Å². The molecule has 1 rings (SSSR count). The van der Waals surface area contributed by atoms with Gasteiger partial charge in [-0.3, -0.25) is 4.79 Å². The van der Waals surface area contributed by atoms with Crippen LogP contribution >= 0.6 is 11.6 Å². The van der Waals surface area contributed by atoms with Gasteiger partial charge in [-0.1, -0.05) is 11.6 Å². The zero-order valence-electron chi connectivity index (χ0n) is 10.1. The molecule has 0 radical (unpaired) electrons. The third-order valence-corrected chi connectivity index (χ3v) is 2.64. The third kappa shape index (κ3) is 3.64. The Hall–Kier alpha value is -1.20. The number of aldehydes is 1. The Morgan fingerprint density at radius 2 is 2.18 bits per heavy atom. The summed E-state index contributed by atoms with van der Waals surface area (Å²) in [5.74, 6) is 1.01. The molecule has 6 heteroatoms. The number of anilines is 1. The lowest BCUT2D eigenvalue weighted by Crippen LogP contribution is -2.24. The highest BCUT2D eigenvalue weighted by atomic mass is 35.5. The molecule has 0 bridgehead atoms. The van der Waals surface area contributed by atoms with E-state index in [-0.39, 0.29) is 10.7 Å².